The Kier molecular flexibility index (Phi) is 6.09. The predicted octanol–water partition coefficient (Wildman–Crippen LogP) is 3.18. The van der Waals surface area contributed by atoms with E-state index < -0.39 is 0 Å². The molecule has 0 saturated carbocycles. The number of likely N-dealkylation sites (tertiary alicyclic amines) is 1. The molecule has 2 N–H and O–H groups in total. The summed E-state index contributed by atoms with van der Waals surface area (Å²) >= 11 is 0. The molecular formula is C20H27N3O2. The van der Waals surface area contributed by atoms with Crippen LogP contribution in [0.5, 0.6) is 0 Å². The van der Waals surface area contributed by atoms with Crippen LogP contribution in [0, 0.1) is 5.92 Å². The van der Waals surface area contributed by atoms with Gasteiger partial charge in [-0.1, -0.05) is 36.4 Å². The Morgan fingerprint density at radius 1 is 1.08 bits per heavy atom. The summed E-state index contributed by atoms with van der Waals surface area (Å²) in [4.78, 5) is 26.3. The van der Waals surface area contributed by atoms with Gasteiger partial charge in [-0.3, -0.25) is 4.79 Å². The molecule has 5 heteroatoms. The molecule has 3 amide bonds. The van der Waals surface area contributed by atoms with E-state index in [4.69, 9.17) is 0 Å². The first-order valence-electron chi connectivity index (χ1n) is 9.30. The SMILES string of the molecule is O=C(NCCC(=O)N1CCCC2CCCC=C21)NCc1ccccc1. The first-order chi connectivity index (χ1) is 12.2. The average Bonchev–Trinajstić information content (AvgIpc) is 2.66. The lowest BCUT2D eigenvalue weighted by atomic mass is 9.85. The number of piperidine rings is 1. The number of allylic oxidation sites excluding steroid dienone is 2. The predicted molar refractivity (Wildman–Crippen MR) is 97.7 cm³/mol. The molecule has 1 unspecified atom stereocenters. The van der Waals surface area contributed by atoms with Gasteiger partial charge < -0.3 is 15.5 Å². The smallest absolute Gasteiger partial charge is 0.315 e. The molecule has 1 aliphatic carbocycles. The van der Waals surface area contributed by atoms with Gasteiger partial charge >= 0.3 is 6.03 Å². The van der Waals surface area contributed by atoms with Crippen molar-refractivity contribution in [3.8, 4) is 0 Å². The van der Waals surface area contributed by atoms with E-state index in [1.807, 2.05) is 35.2 Å². The van der Waals surface area contributed by atoms with Gasteiger partial charge in [-0.05, 0) is 43.6 Å². The zero-order valence-electron chi connectivity index (χ0n) is 14.7. The lowest BCUT2D eigenvalue weighted by molar-refractivity contribution is -0.130. The summed E-state index contributed by atoms with van der Waals surface area (Å²) in [6.45, 7) is 1.68. The summed E-state index contributed by atoms with van der Waals surface area (Å²) in [5, 5.41) is 5.59. The van der Waals surface area contributed by atoms with E-state index in [-0.39, 0.29) is 11.9 Å². The molecule has 2 aliphatic rings. The van der Waals surface area contributed by atoms with Crippen LogP contribution in [0.2, 0.25) is 0 Å². The van der Waals surface area contributed by atoms with Crippen LogP contribution in [0.25, 0.3) is 0 Å². The zero-order chi connectivity index (χ0) is 17.5. The molecule has 0 spiro atoms. The van der Waals surface area contributed by atoms with Crippen molar-refractivity contribution in [1.29, 1.82) is 0 Å². The van der Waals surface area contributed by atoms with Crippen molar-refractivity contribution >= 4 is 11.9 Å². The van der Waals surface area contributed by atoms with E-state index in [0.717, 1.165) is 24.9 Å². The Morgan fingerprint density at radius 2 is 1.88 bits per heavy atom. The Morgan fingerprint density at radius 3 is 2.72 bits per heavy atom. The molecule has 0 aromatic heterocycles. The number of carbonyl (C=O) groups excluding carboxylic acids is 2. The minimum absolute atomic E-state index is 0.126. The second-order valence-corrected chi connectivity index (χ2v) is 6.79. The number of rotatable bonds is 5. The number of fused-ring (bicyclic) bond motifs is 1. The maximum Gasteiger partial charge on any atom is 0.315 e. The average molecular weight is 341 g/mol. The number of urea groups is 1. The summed E-state index contributed by atoms with van der Waals surface area (Å²) in [7, 11) is 0. The largest absolute Gasteiger partial charge is 0.338 e. The van der Waals surface area contributed by atoms with Crippen molar-refractivity contribution in [2.45, 2.75) is 45.1 Å². The maximum atomic E-state index is 12.5. The molecule has 5 nitrogen and oxygen atoms in total. The Hall–Kier alpha value is -2.30. The highest BCUT2D eigenvalue weighted by Crippen LogP contribution is 2.35. The lowest BCUT2D eigenvalue weighted by Crippen LogP contribution is -2.41. The summed E-state index contributed by atoms with van der Waals surface area (Å²) in [5.41, 5.74) is 2.29. The first-order valence-corrected chi connectivity index (χ1v) is 9.30. The Labute approximate surface area is 149 Å². The number of nitrogens with zero attached hydrogens (tertiary/aromatic N) is 1. The van der Waals surface area contributed by atoms with Gasteiger partial charge in [0.05, 0.1) is 0 Å². The van der Waals surface area contributed by atoms with Crippen molar-refractivity contribution in [3.05, 3.63) is 47.7 Å². The molecule has 0 bridgehead atoms. The molecule has 1 aromatic carbocycles. The first kappa shape index (κ1) is 17.5. The zero-order valence-corrected chi connectivity index (χ0v) is 14.7. The molecular weight excluding hydrogens is 314 g/mol. The minimum atomic E-state index is -0.231. The molecule has 1 aromatic rings. The van der Waals surface area contributed by atoms with Crippen LogP contribution in [0.15, 0.2) is 42.1 Å². The fourth-order valence-electron chi connectivity index (χ4n) is 3.70. The summed E-state index contributed by atoms with van der Waals surface area (Å²) in [5.74, 6) is 0.690. The highest BCUT2D eigenvalue weighted by atomic mass is 16.2. The molecule has 1 atom stereocenters. The van der Waals surface area contributed by atoms with Crippen LogP contribution in [-0.4, -0.2) is 29.9 Å². The number of benzene rings is 1. The monoisotopic (exact) mass is 341 g/mol. The van der Waals surface area contributed by atoms with Gasteiger partial charge in [0.15, 0.2) is 0 Å². The van der Waals surface area contributed by atoms with E-state index in [2.05, 4.69) is 16.7 Å². The summed E-state index contributed by atoms with van der Waals surface area (Å²) < 4.78 is 0. The quantitative estimate of drug-likeness (QED) is 0.864. The molecule has 1 fully saturated rings. The van der Waals surface area contributed by atoms with Gasteiger partial charge in [0, 0.05) is 31.8 Å². The van der Waals surface area contributed by atoms with E-state index in [1.54, 1.807) is 0 Å². The molecule has 134 valence electrons. The van der Waals surface area contributed by atoms with Crippen LogP contribution >= 0.6 is 0 Å². The van der Waals surface area contributed by atoms with E-state index in [1.165, 1.54) is 25.0 Å². The second kappa shape index (κ2) is 8.70. The standard InChI is InChI=1S/C20H27N3O2/c24-19(23-14-6-10-17-9-4-5-11-18(17)23)12-13-21-20(25)22-15-16-7-2-1-3-8-16/h1-3,7-8,11,17H,4-6,9-10,12-15H2,(H2,21,22,25). The number of carbonyl (C=O) groups is 2. The summed E-state index contributed by atoms with van der Waals surface area (Å²) in [6, 6.07) is 9.54. The van der Waals surface area contributed by atoms with Crippen molar-refractivity contribution in [3.63, 3.8) is 0 Å². The van der Waals surface area contributed by atoms with Crippen LogP contribution in [-0.2, 0) is 11.3 Å². The van der Waals surface area contributed by atoms with Gasteiger partial charge in [-0.25, -0.2) is 4.79 Å². The number of nitrogens with one attached hydrogen (secondary N) is 2. The molecule has 3 rings (SSSR count). The summed E-state index contributed by atoms with van der Waals surface area (Å²) in [6.07, 6.45) is 8.40. The maximum absolute atomic E-state index is 12.5. The molecule has 0 radical (unpaired) electrons. The van der Waals surface area contributed by atoms with E-state index in [0.29, 0.717) is 25.4 Å². The topological polar surface area (TPSA) is 61.4 Å². The van der Waals surface area contributed by atoms with Gasteiger partial charge in [0.1, 0.15) is 0 Å². The van der Waals surface area contributed by atoms with Crippen molar-refractivity contribution in [1.82, 2.24) is 15.5 Å². The highest BCUT2D eigenvalue weighted by Gasteiger charge is 2.29. The fourth-order valence-corrected chi connectivity index (χ4v) is 3.70. The van der Waals surface area contributed by atoms with Crippen LogP contribution in [0.3, 0.4) is 0 Å². The molecule has 1 saturated heterocycles. The number of hydrogen-bond acceptors (Lipinski definition) is 2. The third-order valence-corrected chi connectivity index (χ3v) is 5.00. The molecule has 1 aliphatic heterocycles. The van der Waals surface area contributed by atoms with Crippen LogP contribution in [0.1, 0.15) is 44.1 Å². The van der Waals surface area contributed by atoms with Gasteiger partial charge in [0.2, 0.25) is 5.91 Å². The van der Waals surface area contributed by atoms with Crippen LogP contribution in [0.4, 0.5) is 4.79 Å². The van der Waals surface area contributed by atoms with E-state index >= 15 is 0 Å². The van der Waals surface area contributed by atoms with E-state index in [9.17, 15) is 9.59 Å². The Bertz CT molecular complexity index is 627. The number of hydrogen-bond donors (Lipinski definition) is 2. The third kappa shape index (κ3) is 4.84. The number of amides is 3. The Balaban J connectivity index is 1.40. The van der Waals surface area contributed by atoms with Crippen molar-refractivity contribution < 1.29 is 9.59 Å². The lowest BCUT2D eigenvalue weighted by Gasteiger charge is -2.38. The van der Waals surface area contributed by atoms with Gasteiger partial charge in [0.25, 0.3) is 0 Å². The normalized spacial score (nSPS) is 19.6. The van der Waals surface area contributed by atoms with Crippen molar-refractivity contribution in [2.75, 3.05) is 13.1 Å². The molecule has 1 heterocycles. The van der Waals surface area contributed by atoms with Gasteiger partial charge in [-0.15, -0.1) is 0 Å². The van der Waals surface area contributed by atoms with Gasteiger partial charge in [-0.2, -0.15) is 0 Å². The van der Waals surface area contributed by atoms with Crippen molar-refractivity contribution in [2.24, 2.45) is 5.92 Å². The second-order valence-electron chi connectivity index (χ2n) is 6.79. The molecule has 25 heavy (non-hydrogen) atoms. The fraction of sp³-hybridized carbons (Fsp3) is 0.500. The third-order valence-electron chi connectivity index (χ3n) is 5.00. The van der Waals surface area contributed by atoms with Crippen LogP contribution < -0.4 is 10.6 Å². The minimum Gasteiger partial charge on any atom is -0.338 e. The highest BCUT2D eigenvalue weighted by molar-refractivity contribution is 5.80.